The smallest absolute Gasteiger partial charge is 0.331 e. The maximum Gasteiger partial charge on any atom is 0.331 e. The van der Waals surface area contributed by atoms with Crippen molar-refractivity contribution in [3.05, 3.63) is 36.0 Å². The number of esters is 1. The topological polar surface area (TPSA) is 72.8 Å². The summed E-state index contributed by atoms with van der Waals surface area (Å²) in [6.45, 7) is 6.91. The van der Waals surface area contributed by atoms with E-state index in [9.17, 15) is 14.7 Å². The Labute approximate surface area is 150 Å². The fraction of sp³-hybridized carbons (Fsp3) is 0.600. The first-order valence-electron chi connectivity index (χ1n) is 8.71. The molecule has 25 heavy (non-hydrogen) atoms. The van der Waals surface area contributed by atoms with Crippen LogP contribution in [-0.4, -0.2) is 42.3 Å². The lowest BCUT2D eigenvalue weighted by Gasteiger charge is -2.26. The zero-order valence-electron chi connectivity index (χ0n) is 15.8. The van der Waals surface area contributed by atoms with Crippen LogP contribution >= 0.6 is 0 Å². The third-order valence-electron chi connectivity index (χ3n) is 4.54. The van der Waals surface area contributed by atoms with Gasteiger partial charge in [0.2, 0.25) is 0 Å². The van der Waals surface area contributed by atoms with Gasteiger partial charge in [0, 0.05) is 19.1 Å². The van der Waals surface area contributed by atoms with E-state index in [0.29, 0.717) is 6.42 Å². The molecular weight excluding hydrogens is 320 g/mol. The standard InChI is InChI=1S/C20H30O5/c1-13-12-14(2)20(15(3)16(4)21)25-18(22)11-9-7-6-8-10-17(24-5)19(13)23/h8-13,15,17,19-20,23H,6-7H2,1-5H3/t13-,15-,17+,19+,20?/m1/s1. The summed E-state index contributed by atoms with van der Waals surface area (Å²) in [5.74, 6) is -1.20. The quantitative estimate of drug-likeness (QED) is 0.626. The Morgan fingerprint density at radius 1 is 1.36 bits per heavy atom. The van der Waals surface area contributed by atoms with Crippen molar-refractivity contribution >= 4 is 11.8 Å². The summed E-state index contributed by atoms with van der Waals surface area (Å²) >= 11 is 0. The van der Waals surface area contributed by atoms with Gasteiger partial charge in [-0.05, 0) is 32.3 Å². The largest absolute Gasteiger partial charge is 0.454 e. The molecule has 5 heteroatoms. The average molecular weight is 350 g/mol. The number of hydrogen-bond donors (Lipinski definition) is 1. The molecule has 1 aliphatic heterocycles. The van der Waals surface area contributed by atoms with E-state index in [1.807, 2.05) is 32.1 Å². The third kappa shape index (κ3) is 6.59. The van der Waals surface area contributed by atoms with Crippen LogP contribution in [0.1, 0.15) is 40.5 Å². The normalized spacial score (nSPS) is 30.2. The first-order valence-corrected chi connectivity index (χ1v) is 8.71. The first kappa shape index (κ1) is 21.3. The summed E-state index contributed by atoms with van der Waals surface area (Å²) in [6.07, 6.45) is 8.37. The van der Waals surface area contributed by atoms with Crippen molar-refractivity contribution in [2.24, 2.45) is 11.8 Å². The van der Waals surface area contributed by atoms with Crippen molar-refractivity contribution in [3.8, 4) is 0 Å². The minimum Gasteiger partial charge on any atom is -0.454 e. The number of Topliss-reactive ketones (excluding diaryl/α,β-unsaturated/α-hetero) is 1. The second-order valence-electron chi connectivity index (χ2n) is 6.63. The summed E-state index contributed by atoms with van der Waals surface area (Å²) in [7, 11) is 1.56. The zero-order valence-corrected chi connectivity index (χ0v) is 15.8. The van der Waals surface area contributed by atoms with E-state index < -0.39 is 30.2 Å². The third-order valence-corrected chi connectivity index (χ3v) is 4.54. The summed E-state index contributed by atoms with van der Waals surface area (Å²) in [5, 5.41) is 10.5. The minimum absolute atomic E-state index is 0.0541. The van der Waals surface area contributed by atoms with E-state index in [2.05, 4.69) is 0 Å². The van der Waals surface area contributed by atoms with Gasteiger partial charge in [-0.3, -0.25) is 4.79 Å². The molecule has 0 amide bonds. The molecule has 0 saturated heterocycles. The van der Waals surface area contributed by atoms with E-state index >= 15 is 0 Å². The van der Waals surface area contributed by atoms with E-state index in [0.717, 1.165) is 12.0 Å². The van der Waals surface area contributed by atoms with Crippen molar-refractivity contribution in [1.82, 2.24) is 0 Å². The number of carbonyl (C=O) groups excluding carboxylic acids is 2. The molecule has 0 spiro atoms. The van der Waals surface area contributed by atoms with Crippen molar-refractivity contribution < 1.29 is 24.2 Å². The molecule has 1 heterocycles. The summed E-state index contributed by atoms with van der Waals surface area (Å²) in [5.41, 5.74) is 0.742. The van der Waals surface area contributed by atoms with E-state index in [1.165, 1.54) is 13.0 Å². The number of cyclic esters (lactones) is 1. The highest BCUT2D eigenvalue weighted by Gasteiger charge is 2.28. The molecule has 0 aliphatic carbocycles. The molecule has 1 aliphatic rings. The summed E-state index contributed by atoms with van der Waals surface area (Å²) in [4.78, 5) is 23.8. The number of aliphatic hydroxyl groups is 1. The molecule has 0 radical (unpaired) electrons. The fourth-order valence-electron chi connectivity index (χ4n) is 2.81. The van der Waals surface area contributed by atoms with Crippen LogP contribution in [0.15, 0.2) is 36.0 Å². The second-order valence-corrected chi connectivity index (χ2v) is 6.63. The van der Waals surface area contributed by atoms with Crippen LogP contribution in [0.3, 0.4) is 0 Å². The molecule has 1 unspecified atom stereocenters. The predicted octanol–water partition coefficient (Wildman–Crippen LogP) is 2.99. The number of ketones is 1. The minimum atomic E-state index is -0.737. The number of rotatable bonds is 3. The van der Waals surface area contributed by atoms with Gasteiger partial charge in [-0.1, -0.05) is 38.2 Å². The Morgan fingerprint density at radius 3 is 2.60 bits per heavy atom. The van der Waals surface area contributed by atoms with Crippen LogP contribution in [0.5, 0.6) is 0 Å². The molecular formula is C20H30O5. The highest BCUT2D eigenvalue weighted by Crippen LogP contribution is 2.22. The van der Waals surface area contributed by atoms with Crippen LogP contribution in [0.4, 0.5) is 0 Å². The fourth-order valence-corrected chi connectivity index (χ4v) is 2.81. The molecule has 0 fully saturated rings. The Morgan fingerprint density at radius 2 is 2.00 bits per heavy atom. The van der Waals surface area contributed by atoms with E-state index in [-0.39, 0.29) is 11.7 Å². The molecule has 1 N–H and O–H groups in total. The van der Waals surface area contributed by atoms with Gasteiger partial charge in [0.05, 0.1) is 12.0 Å². The maximum atomic E-state index is 12.0. The highest BCUT2D eigenvalue weighted by atomic mass is 16.5. The Hall–Kier alpha value is -1.72. The van der Waals surface area contributed by atoms with Gasteiger partial charge in [-0.2, -0.15) is 0 Å². The lowest BCUT2D eigenvalue weighted by molar-refractivity contribution is -0.145. The summed E-state index contributed by atoms with van der Waals surface area (Å²) in [6, 6.07) is 0. The molecule has 1 rings (SSSR count). The van der Waals surface area contributed by atoms with Gasteiger partial charge in [-0.15, -0.1) is 0 Å². The highest BCUT2D eigenvalue weighted by molar-refractivity contribution is 5.83. The molecule has 5 nitrogen and oxygen atoms in total. The van der Waals surface area contributed by atoms with Crippen molar-refractivity contribution in [2.45, 2.75) is 58.8 Å². The van der Waals surface area contributed by atoms with Crippen LogP contribution in [0.2, 0.25) is 0 Å². The van der Waals surface area contributed by atoms with Gasteiger partial charge in [-0.25, -0.2) is 4.79 Å². The number of aliphatic hydroxyl groups excluding tert-OH is 1. The van der Waals surface area contributed by atoms with Crippen molar-refractivity contribution in [2.75, 3.05) is 7.11 Å². The predicted molar refractivity (Wildman–Crippen MR) is 97.0 cm³/mol. The summed E-state index contributed by atoms with van der Waals surface area (Å²) < 4.78 is 10.9. The van der Waals surface area contributed by atoms with Crippen molar-refractivity contribution in [1.29, 1.82) is 0 Å². The maximum absolute atomic E-state index is 12.0. The van der Waals surface area contributed by atoms with Crippen LogP contribution in [0, 0.1) is 11.8 Å². The number of ether oxygens (including phenoxy) is 2. The average Bonchev–Trinajstić information content (AvgIpc) is 2.56. The van der Waals surface area contributed by atoms with Gasteiger partial charge in [0.25, 0.3) is 0 Å². The Balaban J connectivity index is 3.19. The SMILES string of the molecule is CO[C@H]1C=CCCC=CC(=O)OC([C@H](C)C(C)=O)C(C)=C[C@@H](C)[C@@H]1O. The lowest BCUT2D eigenvalue weighted by atomic mass is 9.90. The number of carbonyl (C=O) groups is 2. The van der Waals surface area contributed by atoms with Crippen molar-refractivity contribution in [3.63, 3.8) is 0 Å². The second kappa shape index (κ2) is 10.3. The van der Waals surface area contributed by atoms with Crippen LogP contribution < -0.4 is 0 Å². The first-order chi connectivity index (χ1) is 11.8. The number of hydrogen-bond acceptors (Lipinski definition) is 5. The molecule has 0 saturated carbocycles. The molecule has 0 aromatic rings. The lowest BCUT2D eigenvalue weighted by Crippen LogP contribution is -2.33. The van der Waals surface area contributed by atoms with Gasteiger partial charge >= 0.3 is 5.97 Å². The molecule has 0 aromatic carbocycles. The number of methoxy groups -OCH3 is 1. The van der Waals surface area contributed by atoms with Crippen LogP contribution in [-0.2, 0) is 19.1 Å². The van der Waals surface area contributed by atoms with Crippen LogP contribution in [0.25, 0.3) is 0 Å². The molecule has 0 bridgehead atoms. The monoisotopic (exact) mass is 350 g/mol. The molecule has 140 valence electrons. The number of allylic oxidation sites excluding steroid dienone is 2. The van der Waals surface area contributed by atoms with E-state index in [4.69, 9.17) is 9.47 Å². The van der Waals surface area contributed by atoms with Gasteiger partial charge < -0.3 is 14.6 Å². The zero-order chi connectivity index (χ0) is 19.0. The van der Waals surface area contributed by atoms with Gasteiger partial charge in [0.1, 0.15) is 18.0 Å². The Kier molecular flexibility index (Phi) is 8.79. The molecule has 5 atom stereocenters. The molecule has 0 aromatic heterocycles. The Bertz CT molecular complexity index is 546. The van der Waals surface area contributed by atoms with E-state index in [1.54, 1.807) is 20.1 Å². The van der Waals surface area contributed by atoms with Gasteiger partial charge in [0.15, 0.2) is 0 Å².